The van der Waals surface area contributed by atoms with Gasteiger partial charge < -0.3 is 10.4 Å². The maximum atomic E-state index is 10.3. The summed E-state index contributed by atoms with van der Waals surface area (Å²) in [5.41, 5.74) is 0.0734. The van der Waals surface area contributed by atoms with Crippen LogP contribution in [0.25, 0.3) is 0 Å². The SMILES string of the molecule is O[C@H]1CC[C@@H](Nc2cccc(Cl)n2)C12CCCC2. The number of anilines is 1. The van der Waals surface area contributed by atoms with E-state index in [9.17, 15) is 5.11 Å². The highest BCUT2D eigenvalue weighted by atomic mass is 35.5. The lowest BCUT2D eigenvalue weighted by molar-refractivity contribution is 0.0521. The summed E-state index contributed by atoms with van der Waals surface area (Å²) < 4.78 is 0. The van der Waals surface area contributed by atoms with Gasteiger partial charge in [-0.05, 0) is 37.8 Å². The minimum atomic E-state index is -0.156. The highest BCUT2D eigenvalue weighted by Gasteiger charge is 2.50. The standard InChI is InChI=1S/C14H19ClN2O/c15-12-4-3-5-13(17-12)16-10-6-7-11(18)14(10)8-1-2-9-14/h3-5,10-11,18H,1-2,6-9H2,(H,16,17)/t10-,11+/m1/s1. The fourth-order valence-corrected chi connectivity index (χ4v) is 3.89. The fraction of sp³-hybridized carbons (Fsp3) is 0.643. The van der Waals surface area contributed by atoms with Crippen molar-refractivity contribution in [2.45, 2.75) is 50.7 Å². The number of nitrogens with zero attached hydrogens (tertiary/aromatic N) is 1. The molecule has 0 amide bonds. The van der Waals surface area contributed by atoms with Crippen molar-refractivity contribution < 1.29 is 5.11 Å². The topological polar surface area (TPSA) is 45.1 Å². The Hall–Kier alpha value is -0.800. The minimum absolute atomic E-state index is 0.0734. The average molecular weight is 267 g/mol. The van der Waals surface area contributed by atoms with Gasteiger partial charge in [-0.3, -0.25) is 0 Å². The normalized spacial score (nSPS) is 29.9. The summed E-state index contributed by atoms with van der Waals surface area (Å²) in [4.78, 5) is 4.29. The molecule has 2 fully saturated rings. The predicted molar refractivity (Wildman–Crippen MR) is 72.8 cm³/mol. The third kappa shape index (κ3) is 1.99. The van der Waals surface area contributed by atoms with Crippen LogP contribution in [0.5, 0.6) is 0 Å². The molecule has 1 heterocycles. The average Bonchev–Trinajstić information content (AvgIpc) is 2.94. The zero-order valence-electron chi connectivity index (χ0n) is 10.4. The van der Waals surface area contributed by atoms with Crippen LogP contribution in [0.4, 0.5) is 5.82 Å². The van der Waals surface area contributed by atoms with E-state index in [0.717, 1.165) is 31.5 Å². The zero-order valence-corrected chi connectivity index (χ0v) is 11.2. The first kappa shape index (κ1) is 12.2. The number of hydrogen-bond donors (Lipinski definition) is 2. The summed E-state index contributed by atoms with van der Waals surface area (Å²) in [7, 11) is 0. The van der Waals surface area contributed by atoms with Gasteiger partial charge >= 0.3 is 0 Å². The Morgan fingerprint density at radius 1 is 1.28 bits per heavy atom. The van der Waals surface area contributed by atoms with E-state index >= 15 is 0 Å². The van der Waals surface area contributed by atoms with Crippen LogP contribution in [0.1, 0.15) is 38.5 Å². The van der Waals surface area contributed by atoms with Gasteiger partial charge in [0, 0.05) is 11.5 Å². The van der Waals surface area contributed by atoms with E-state index in [0.29, 0.717) is 11.2 Å². The van der Waals surface area contributed by atoms with Crippen LogP contribution in [0.15, 0.2) is 18.2 Å². The minimum Gasteiger partial charge on any atom is -0.392 e. The van der Waals surface area contributed by atoms with Gasteiger partial charge in [0.25, 0.3) is 0 Å². The van der Waals surface area contributed by atoms with E-state index in [4.69, 9.17) is 11.6 Å². The van der Waals surface area contributed by atoms with Crippen LogP contribution in [-0.2, 0) is 0 Å². The van der Waals surface area contributed by atoms with Crippen molar-refractivity contribution in [3.63, 3.8) is 0 Å². The second-order valence-electron chi connectivity index (χ2n) is 5.58. The molecule has 0 aliphatic heterocycles. The lowest BCUT2D eigenvalue weighted by atomic mass is 9.79. The van der Waals surface area contributed by atoms with Crippen LogP contribution < -0.4 is 5.32 Å². The zero-order chi connectivity index (χ0) is 12.6. The quantitative estimate of drug-likeness (QED) is 0.808. The van der Waals surface area contributed by atoms with E-state index < -0.39 is 0 Å². The van der Waals surface area contributed by atoms with Crippen molar-refractivity contribution in [1.82, 2.24) is 4.98 Å². The Balaban J connectivity index is 1.80. The Kier molecular flexibility index (Phi) is 3.20. The van der Waals surface area contributed by atoms with Crippen molar-refractivity contribution in [2.24, 2.45) is 5.41 Å². The molecule has 3 nitrogen and oxygen atoms in total. The molecule has 98 valence electrons. The van der Waals surface area contributed by atoms with Gasteiger partial charge in [-0.2, -0.15) is 0 Å². The number of aliphatic hydroxyl groups excluding tert-OH is 1. The molecule has 1 spiro atoms. The molecule has 1 aromatic rings. The molecule has 2 atom stereocenters. The summed E-state index contributed by atoms with van der Waals surface area (Å²) in [5.74, 6) is 0.827. The van der Waals surface area contributed by atoms with Crippen LogP contribution in [0.3, 0.4) is 0 Å². The second kappa shape index (κ2) is 4.71. The summed E-state index contributed by atoms with van der Waals surface area (Å²) in [6.45, 7) is 0. The van der Waals surface area contributed by atoms with Crippen LogP contribution in [-0.4, -0.2) is 22.2 Å². The van der Waals surface area contributed by atoms with Gasteiger partial charge in [-0.1, -0.05) is 30.5 Å². The molecule has 2 saturated carbocycles. The Bertz CT molecular complexity index is 432. The molecule has 0 unspecified atom stereocenters. The number of rotatable bonds is 2. The van der Waals surface area contributed by atoms with Crippen LogP contribution in [0, 0.1) is 5.41 Å². The van der Waals surface area contributed by atoms with Crippen LogP contribution >= 0.6 is 11.6 Å². The van der Waals surface area contributed by atoms with Gasteiger partial charge in [-0.25, -0.2) is 4.98 Å². The summed E-state index contributed by atoms with van der Waals surface area (Å²) in [6, 6.07) is 5.96. The highest BCUT2D eigenvalue weighted by Crippen LogP contribution is 2.51. The predicted octanol–water partition coefficient (Wildman–Crippen LogP) is 3.23. The lowest BCUT2D eigenvalue weighted by Gasteiger charge is -2.34. The van der Waals surface area contributed by atoms with E-state index in [2.05, 4.69) is 10.3 Å². The van der Waals surface area contributed by atoms with Gasteiger partial charge in [0.1, 0.15) is 11.0 Å². The molecular formula is C14H19ClN2O. The highest BCUT2D eigenvalue weighted by molar-refractivity contribution is 6.29. The third-order valence-corrected chi connectivity index (χ3v) is 4.87. The van der Waals surface area contributed by atoms with E-state index in [1.165, 1.54) is 12.8 Å². The van der Waals surface area contributed by atoms with Crippen molar-refractivity contribution in [3.05, 3.63) is 23.4 Å². The lowest BCUT2D eigenvalue weighted by Crippen LogP contribution is -2.40. The maximum absolute atomic E-state index is 10.3. The van der Waals surface area contributed by atoms with E-state index in [-0.39, 0.29) is 11.5 Å². The molecule has 1 aromatic heterocycles. The van der Waals surface area contributed by atoms with E-state index in [1.54, 1.807) is 6.07 Å². The first-order valence-corrected chi connectivity index (χ1v) is 7.16. The van der Waals surface area contributed by atoms with Crippen LogP contribution in [0.2, 0.25) is 5.15 Å². The van der Waals surface area contributed by atoms with E-state index in [1.807, 2.05) is 12.1 Å². The molecule has 2 aliphatic carbocycles. The number of nitrogens with one attached hydrogen (secondary N) is 1. The molecule has 2 N–H and O–H groups in total. The smallest absolute Gasteiger partial charge is 0.131 e. The van der Waals surface area contributed by atoms with Gasteiger partial charge in [0.05, 0.1) is 6.10 Å². The van der Waals surface area contributed by atoms with Crippen molar-refractivity contribution in [1.29, 1.82) is 0 Å². The monoisotopic (exact) mass is 266 g/mol. The Labute approximate surface area is 113 Å². The summed E-state index contributed by atoms with van der Waals surface area (Å²) in [5, 5.41) is 14.3. The molecule has 0 radical (unpaired) electrons. The number of hydrogen-bond acceptors (Lipinski definition) is 3. The Morgan fingerprint density at radius 3 is 2.78 bits per heavy atom. The molecular weight excluding hydrogens is 248 g/mol. The molecule has 18 heavy (non-hydrogen) atoms. The summed E-state index contributed by atoms with van der Waals surface area (Å²) in [6.07, 6.45) is 6.50. The first-order chi connectivity index (χ1) is 8.71. The van der Waals surface area contributed by atoms with Crippen molar-refractivity contribution in [3.8, 4) is 0 Å². The fourth-order valence-electron chi connectivity index (χ4n) is 3.73. The number of pyridine rings is 1. The molecule has 0 aromatic carbocycles. The number of aromatic nitrogens is 1. The first-order valence-electron chi connectivity index (χ1n) is 6.78. The third-order valence-electron chi connectivity index (χ3n) is 4.66. The molecule has 4 heteroatoms. The molecule has 2 aliphatic rings. The second-order valence-corrected chi connectivity index (χ2v) is 5.96. The largest absolute Gasteiger partial charge is 0.392 e. The molecule has 0 bridgehead atoms. The molecule has 3 rings (SSSR count). The maximum Gasteiger partial charge on any atom is 0.131 e. The van der Waals surface area contributed by atoms with Gasteiger partial charge in [0.2, 0.25) is 0 Å². The van der Waals surface area contributed by atoms with Gasteiger partial charge in [-0.15, -0.1) is 0 Å². The van der Waals surface area contributed by atoms with Crippen molar-refractivity contribution >= 4 is 17.4 Å². The van der Waals surface area contributed by atoms with Crippen molar-refractivity contribution in [2.75, 3.05) is 5.32 Å². The number of halogens is 1. The van der Waals surface area contributed by atoms with Gasteiger partial charge in [0.15, 0.2) is 0 Å². The Morgan fingerprint density at radius 2 is 2.06 bits per heavy atom. The summed E-state index contributed by atoms with van der Waals surface area (Å²) >= 11 is 5.91. The number of aliphatic hydroxyl groups is 1. The molecule has 0 saturated heterocycles.